The first-order chi connectivity index (χ1) is 13.1. The third-order valence-corrected chi connectivity index (χ3v) is 6.03. The number of rotatable bonds is 7. The highest BCUT2D eigenvalue weighted by Gasteiger charge is 2.17. The van der Waals surface area contributed by atoms with Crippen molar-refractivity contribution in [3.05, 3.63) is 59.2 Å². The predicted octanol–water partition coefficient (Wildman–Crippen LogP) is 2.28. The second kappa shape index (κ2) is 8.99. The first-order valence-electron chi connectivity index (χ1n) is 8.64. The maximum absolute atomic E-state index is 12.0. The van der Waals surface area contributed by atoms with Crippen molar-refractivity contribution < 1.29 is 22.7 Å². The molecule has 0 aromatic heterocycles. The molecule has 2 rings (SSSR count). The smallest absolute Gasteiger partial charge is 0.310 e. The van der Waals surface area contributed by atoms with Gasteiger partial charge in [0.15, 0.2) is 6.61 Å². The van der Waals surface area contributed by atoms with Gasteiger partial charge < -0.3 is 10.1 Å². The van der Waals surface area contributed by atoms with Gasteiger partial charge >= 0.3 is 5.97 Å². The standard InChI is InChI=1S/C20H24N2O5S/c1-14-5-6-16(11-15(14)2)12-20(24)27-13-19(23)21-17-7-9-18(10-8-17)28(25,26)22(3)4/h5-11H,12-13H2,1-4H3,(H,21,23). The molecule has 0 spiro atoms. The van der Waals surface area contributed by atoms with Gasteiger partial charge in [-0.25, -0.2) is 12.7 Å². The zero-order valence-corrected chi connectivity index (χ0v) is 17.2. The molecule has 7 nitrogen and oxygen atoms in total. The number of amides is 1. The SMILES string of the molecule is Cc1ccc(CC(=O)OCC(=O)Nc2ccc(S(=O)(=O)N(C)C)cc2)cc1C. The fourth-order valence-electron chi connectivity index (χ4n) is 2.40. The topological polar surface area (TPSA) is 92.8 Å². The molecule has 0 bridgehead atoms. The number of carbonyl (C=O) groups is 2. The summed E-state index contributed by atoms with van der Waals surface area (Å²) < 4.78 is 30.1. The van der Waals surface area contributed by atoms with Crippen LogP contribution in [0.2, 0.25) is 0 Å². The maximum atomic E-state index is 12.0. The van der Waals surface area contributed by atoms with Crippen molar-refractivity contribution in [1.29, 1.82) is 0 Å². The number of aryl methyl sites for hydroxylation is 2. The van der Waals surface area contributed by atoms with Crippen LogP contribution in [0.25, 0.3) is 0 Å². The van der Waals surface area contributed by atoms with Crippen molar-refractivity contribution >= 4 is 27.6 Å². The Labute approximate surface area is 165 Å². The van der Waals surface area contributed by atoms with E-state index in [1.165, 1.54) is 38.4 Å². The summed E-state index contributed by atoms with van der Waals surface area (Å²) in [6.45, 7) is 3.54. The van der Waals surface area contributed by atoms with Crippen LogP contribution in [0.15, 0.2) is 47.4 Å². The molecule has 0 aliphatic rings. The number of hydrogen-bond donors (Lipinski definition) is 1. The molecule has 0 aliphatic heterocycles. The summed E-state index contributed by atoms with van der Waals surface area (Å²) in [6, 6.07) is 11.5. The Kier molecular flexibility index (Phi) is 6.93. The minimum atomic E-state index is -3.53. The molecule has 0 saturated heterocycles. The minimum absolute atomic E-state index is 0.0888. The molecule has 28 heavy (non-hydrogen) atoms. The highest BCUT2D eigenvalue weighted by atomic mass is 32.2. The molecule has 1 N–H and O–H groups in total. The second-order valence-corrected chi connectivity index (χ2v) is 8.77. The van der Waals surface area contributed by atoms with Gasteiger partial charge in [0.1, 0.15) is 0 Å². The van der Waals surface area contributed by atoms with E-state index < -0.39 is 28.5 Å². The van der Waals surface area contributed by atoms with Gasteiger partial charge in [0.2, 0.25) is 10.0 Å². The number of nitrogens with one attached hydrogen (secondary N) is 1. The summed E-state index contributed by atoms with van der Waals surface area (Å²) in [7, 11) is -0.644. The molecule has 0 atom stereocenters. The lowest BCUT2D eigenvalue weighted by atomic mass is 10.0. The van der Waals surface area contributed by atoms with Gasteiger partial charge in [-0.3, -0.25) is 9.59 Å². The van der Waals surface area contributed by atoms with Crippen LogP contribution in [0.3, 0.4) is 0 Å². The van der Waals surface area contributed by atoms with E-state index in [2.05, 4.69) is 5.32 Å². The molecule has 0 fully saturated rings. The number of benzene rings is 2. The van der Waals surface area contributed by atoms with Crippen molar-refractivity contribution in [3.63, 3.8) is 0 Å². The van der Waals surface area contributed by atoms with E-state index in [4.69, 9.17) is 4.74 Å². The van der Waals surface area contributed by atoms with E-state index in [9.17, 15) is 18.0 Å². The second-order valence-electron chi connectivity index (χ2n) is 6.62. The van der Waals surface area contributed by atoms with Crippen molar-refractivity contribution in [3.8, 4) is 0 Å². The Morgan fingerprint density at radius 3 is 2.21 bits per heavy atom. The normalized spacial score (nSPS) is 11.3. The van der Waals surface area contributed by atoms with Crippen LogP contribution in [0.4, 0.5) is 5.69 Å². The van der Waals surface area contributed by atoms with E-state index in [1.807, 2.05) is 32.0 Å². The number of anilines is 1. The Bertz CT molecular complexity index is 967. The Morgan fingerprint density at radius 2 is 1.64 bits per heavy atom. The summed E-state index contributed by atoms with van der Waals surface area (Å²) in [4.78, 5) is 24.0. The van der Waals surface area contributed by atoms with Crippen LogP contribution >= 0.6 is 0 Å². The van der Waals surface area contributed by atoms with Crippen LogP contribution in [-0.4, -0.2) is 45.3 Å². The molecule has 2 aromatic carbocycles. The summed E-state index contributed by atoms with van der Waals surface area (Å²) in [5, 5.41) is 2.56. The third kappa shape index (κ3) is 5.64. The summed E-state index contributed by atoms with van der Waals surface area (Å²) >= 11 is 0. The lowest BCUT2D eigenvalue weighted by Crippen LogP contribution is -2.23. The van der Waals surface area contributed by atoms with Crippen LogP contribution < -0.4 is 5.32 Å². The highest BCUT2D eigenvalue weighted by molar-refractivity contribution is 7.89. The first kappa shape index (κ1) is 21.6. The fourth-order valence-corrected chi connectivity index (χ4v) is 3.30. The van der Waals surface area contributed by atoms with E-state index in [-0.39, 0.29) is 11.3 Å². The van der Waals surface area contributed by atoms with Gasteiger partial charge in [0, 0.05) is 19.8 Å². The van der Waals surface area contributed by atoms with Crippen LogP contribution in [0.5, 0.6) is 0 Å². The van der Waals surface area contributed by atoms with Gasteiger partial charge in [-0.2, -0.15) is 0 Å². The molecule has 150 valence electrons. The number of esters is 1. The summed E-state index contributed by atoms with van der Waals surface area (Å²) in [5.74, 6) is -0.998. The maximum Gasteiger partial charge on any atom is 0.310 e. The van der Waals surface area contributed by atoms with E-state index in [0.29, 0.717) is 5.69 Å². The molecular formula is C20H24N2O5S. The molecule has 0 radical (unpaired) electrons. The van der Waals surface area contributed by atoms with Gasteiger partial charge in [-0.1, -0.05) is 18.2 Å². The van der Waals surface area contributed by atoms with E-state index in [0.717, 1.165) is 21.0 Å². The van der Waals surface area contributed by atoms with Crippen LogP contribution in [0.1, 0.15) is 16.7 Å². The lowest BCUT2D eigenvalue weighted by molar-refractivity contribution is -0.146. The Morgan fingerprint density at radius 1 is 1.00 bits per heavy atom. The molecule has 0 aliphatic carbocycles. The molecule has 8 heteroatoms. The molecule has 0 heterocycles. The molecule has 2 aromatic rings. The average Bonchev–Trinajstić information content (AvgIpc) is 2.63. The molecule has 0 unspecified atom stereocenters. The summed E-state index contributed by atoms with van der Waals surface area (Å²) in [6.07, 6.45) is 0.0888. The zero-order chi connectivity index (χ0) is 20.9. The number of ether oxygens (including phenoxy) is 1. The van der Waals surface area contributed by atoms with Crippen LogP contribution in [0, 0.1) is 13.8 Å². The number of hydrogen-bond acceptors (Lipinski definition) is 5. The number of nitrogens with zero attached hydrogens (tertiary/aromatic N) is 1. The van der Waals surface area contributed by atoms with E-state index in [1.54, 1.807) is 0 Å². The Hall–Kier alpha value is -2.71. The van der Waals surface area contributed by atoms with Gasteiger partial charge in [-0.15, -0.1) is 0 Å². The summed E-state index contributed by atoms with van der Waals surface area (Å²) in [5.41, 5.74) is 3.46. The average molecular weight is 404 g/mol. The Balaban J connectivity index is 1.86. The number of carbonyl (C=O) groups excluding carboxylic acids is 2. The molecule has 1 amide bonds. The largest absolute Gasteiger partial charge is 0.455 e. The predicted molar refractivity (Wildman–Crippen MR) is 107 cm³/mol. The lowest BCUT2D eigenvalue weighted by Gasteiger charge is -2.12. The first-order valence-corrected chi connectivity index (χ1v) is 10.1. The van der Waals surface area contributed by atoms with Crippen molar-refractivity contribution in [1.82, 2.24) is 4.31 Å². The van der Waals surface area contributed by atoms with Crippen LogP contribution in [-0.2, 0) is 30.8 Å². The highest BCUT2D eigenvalue weighted by Crippen LogP contribution is 2.16. The number of sulfonamides is 1. The molecule has 0 saturated carbocycles. The third-order valence-electron chi connectivity index (χ3n) is 4.20. The van der Waals surface area contributed by atoms with Gasteiger partial charge in [-0.05, 0) is 54.8 Å². The van der Waals surface area contributed by atoms with Crippen molar-refractivity contribution in [2.24, 2.45) is 0 Å². The van der Waals surface area contributed by atoms with Gasteiger partial charge in [0.25, 0.3) is 5.91 Å². The minimum Gasteiger partial charge on any atom is -0.455 e. The monoisotopic (exact) mass is 404 g/mol. The quantitative estimate of drug-likeness (QED) is 0.715. The van der Waals surface area contributed by atoms with Gasteiger partial charge in [0.05, 0.1) is 11.3 Å². The fraction of sp³-hybridized carbons (Fsp3) is 0.300. The zero-order valence-electron chi connectivity index (χ0n) is 16.4. The van der Waals surface area contributed by atoms with Crippen molar-refractivity contribution in [2.75, 3.05) is 26.0 Å². The van der Waals surface area contributed by atoms with E-state index >= 15 is 0 Å². The molecular weight excluding hydrogens is 380 g/mol. The van der Waals surface area contributed by atoms with Crippen molar-refractivity contribution in [2.45, 2.75) is 25.2 Å².